The van der Waals surface area contributed by atoms with Crippen LogP contribution in [0, 0.1) is 6.92 Å². The Labute approximate surface area is 132 Å². The Kier molecular flexibility index (Phi) is 5.46. The molecular weight excluding hydrogens is 342 g/mol. The molecule has 1 unspecified atom stereocenters. The molecule has 0 aliphatic carbocycles. The van der Waals surface area contributed by atoms with E-state index in [4.69, 9.17) is 11.6 Å². The van der Waals surface area contributed by atoms with Crippen LogP contribution in [0.25, 0.3) is 0 Å². The summed E-state index contributed by atoms with van der Waals surface area (Å²) < 4.78 is 1.21. The van der Waals surface area contributed by atoms with Crippen LogP contribution in [0.4, 0.5) is 0 Å². The summed E-state index contributed by atoms with van der Waals surface area (Å²) in [7, 11) is 0. The van der Waals surface area contributed by atoms with Crippen molar-refractivity contribution in [3.05, 3.63) is 55.1 Å². The molecule has 2 aromatic rings. The average Bonchev–Trinajstić information content (AvgIpc) is 2.72. The molecule has 102 valence electrons. The quantitative estimate of drug-likeness (QED) is 0.737. The molecule has 0 saturated heterocycles. The van der Waals surface area contributed by atoms with Crippen LogP contribution in [0.2, 0.25) is 5.02 Å². The van der Waals surface area contributed by atoms with Gasteiger partial charge in [0.15, 0.2) is 0 Å². The van der Waals surface area contributed by atoms with Crippen molar-refractivity contribution in [1.29, 1.82) is 0 Å². The van der Waals surface area contributed by atoms with Crippen molar-refractivity contribution in [3.63, 3.8) is 0 Å². The molecule has 2 rings (SSSR count). The zero-order valence-corrected chi connectivity index (χ0v) is 14.2. The predicted octanol–water partition coefficient (Wildman–Crippen LogP) is 5.56. The van der Waals surface area contributed by atoms with Gasteiger partial charge in [0.05, 0.1) is 9.83 Å². The Morgan fingerprint density at radius 2 is 2.00 bits per heavy atom. The second kappa shape index (κ2) is 6.89. The third kappa shape index (κ3) is 3.82. The Morgan fingerprint density at radius 3 is 2.53 bits per heavy atom. The summed E-state index contributed by atoms with van der Waals surface area (Å²) in [4.78, 5) is 1.33. The Morgan fingerprint density at radius 1 is 1.32 bits per heavy atom. The van der Waals surface area contributed by atoms with Crippen LogP contribution in [-0.2, 0) is 0 Å². The summed E-state index contributed by atoms with van der Waals surface area (Å²) in [6.45, 7) is 5.31. The summed E-state index contributed by atoms with van der Waals surface area (Å²) >= 11 is 11.4. The standard InChI is InChI=1S/C15H17BrClNS/c1-3-8-18-14(11-4-6-12(17)7-5-11)13-9-10(2)15(16)19-13/h4-7,9,14,18H,3,8H2,1-2H3. The van der Waals surface area contributed by atoms with Crippen LogP contribution in [0.5, 0.6) is 0 Å². The van der Waals surface area contributed by atoms with E-state index in [1.54, 1.807) is 11.3 Å². The molecule has 1 heterocycles. The number of benzene rings is 1. The number of nitrogens with one attached hydrogen (secondary N) is 1. The minimum Gasteiger partial charge on any atom is -0.306 e. The van der Waals surface area contributed by atoms with Gasteiger partial charge >= 0.3 is 0 Å². The molecule has 0 aliphatic heterocycles. The fourth-order valence-electron chi connectivity index (χ4n) is 1.95. The van der Waals surface area contributed by atoms with Crippen molar-refractivity contribution in [2.75, 3.05) is 6.54 Å². The van der Waals surface area contributed by atoms with Crippen molar-refractivity contribution >= 4 is 38.9 Å². The minimum absolute atomic E-state index is 0.243. The van der Waals surface area contributed by atoms with Gasteiger partial charge in [-0.05, 0) is 65.1 Å². The van der Waals surface area contributed by atoms with Crippen molar-refractivity contribution in [3.8, 4) is 0 Å². The van der Waals surface area contributed by atoms with E-state index in [-0.39, 0.29) is 6.04 Å². The SMILES string of the molecule is CCCNC(c1ccc(Cl)cc1)c1cc(C)c(Br)s1. The second-order valence-electron chi connectivity index (χ2n) is 4.54. The van der Waals surface area contributed by atoms with E-state index in [0.29, 0.717) is 0 Å². The maximum Gasteiger partial charge on any atom is 0.0731 e. The van der Waals surface area contributed by atoms with Gasteiger partial charge in [0.1, 0.15) is 0 Å². The number of aryl methyl sites for hydroxylation is 1. The van der Waals surface area contributed by atoms with Gasteiger partial charge in [-0.1, -0.05) is 30.7 Å². The molecular formula is C15H17BrClNS. The smallest absolute Gasteiger partial charge is 0.0731 e. The molecule has 1 nitrogen and oxygen atoms in total. The summed E-state index contributed by atoms with van der Waals surface area (Å²) in [6, 6.07) is 10.6. The fourth-order valence-corrected chi connectivity index (χ4v) is 3.75. The summed E-state index contributed by atoms with van der Waals surface area (Å²) in [6.07, 6.45) is 1.12. The highest BCUT2D eigenvalue weighted by molar-refractivity contribution is 9.11. The van der Waals surface area contributed by atoms with Crippen LogP contribution < -0.4 is 5.32 Å². The van der Waals surface area contributed by atoms with Crippen LogP contribution in [0.15, 0.2) is 34.1 Å². The van der Waals surface area contributed by atoms with Crippen molar-refractivity contribution in [2.45, 2.75) is 26.3 Å². The van der Waals surface area contributed by atoms with E-state index in [9.17, 15) is 0 Å². The molecule has 1 aromatic heterocycles. The predicted molar refractivity (Wildman–Crippen MR) is 88.3 cm³/mol. The fraction of sp³-hybridized carbons (Fsp3) is 0.333. The van der Waals surface area contributed by atoms with Gasteiger partial charge in [0.2, 0.25) is 0 Å². The van der Waals surface area contributed by atoms with Gasteiger partial charge in [0, 0.05) is 9.90 Å². The van der Waals surface area contributed by atoms with Crippen LogP contribution in [-0.4, -0.2) is 6.54 Å². The van der Waals surface area contributed by atoms with Gasteiger partial charge in [-0.15, -0.1) is 11.3 Å². The number of hydrogen-bond donors (Lipinski definition) is 1. The van der Waals surface area contributed by atoms with Gasteiger partial charge in [-0.3, -0.25) is 0 Å². The van der Waals surface area contributed by atoms with Crippen LogP contribution in [0.3, 0.4) is 0 Å². The van der Waals surface area contributed by atoms with Gasteiger partial charge in [-0.25, -0.2) is 0 Å². The number of rotatable bonds is 5. The maximum absolute atomic E-state index is 5.97. The Bertz CT molecular complexity index is 516. The first-order chi connectivity index (χ1) is 9.11. The molecule has 0 amide bonds. The van der Waals surface area contributed by atoms with E-state index >= 15 is 0 Å². The molecule has 0 radical (unpaired) electrons. The van der Waals surface area contributed by atoms with E-state index in [1.807, 2.05) is 12.1 Å². The molecule has 1 aromatic carbocycles. The zero-order valence-electron chi connectivity index (χ0n) is 11.0. The molecule has 0 bridgehead atoms. The van der Waals surface area contributed by atoms with E-state index in [2.05, 4.69) is 53.3 Å². The molecule has 0 saturated carbocycles. The third-order valence-corrected chi connectivity index (χ3v) is 5.42. The normalized spacial score (nSPS) is 12.6. The molecule has 0 aliphatic rings. The van der Waals surface area contributed by atoms with Gasteiger partial charge in [0.25, 0.3) is 0 Å². The minimum atomic E-state index is 0.243. The highest BCUT2D eigenvalue weighted by Gasteiger charge is 2.16. The van der Waals surface area contributed by atoms with E-state index in [1.165, 1.54) is 19.8 Å². The Hall–Kier alpha value is -0.350. The van der Waals surface area contributed by atoms with Gasteiger partial charge < -0.3 is 5.32 Å². The highest BCUT2D eigenvalue weighted by atomic mass is 79.9. The summed E-state index contributed by atoms with van der Waals surface area (Å²) in [5.74, 6) is 0. The van der Waals surface area contributed by atoms with Crippen molar-refractivity contribution in [2.24, 2.45) is 0 Å². The van der Waals surface area contributed by atoms with Crippen LogP contribution >= 0.6 is 38.9 Å². The molecule has 1 atom stereocenters. The molecule has 1 N–H and O–H groups in total. The van der Waals surface area contributed by atoms with E-state index in [0.717, 1.165) is 18.0 Å². The Balaban J connectivity index is 2.32. The van der Waals surface area contributed by atoms with E-state index < -0.39 is 0 Å². The van der Waals surface area contributed by atoms with Crippen LogP contribution in [0.1, 0.15) is 35.4 Å². The number of hydrogen-bond acceptors (Lipinski definition) is 2. The summed E-state index contributed by atoms with van der Waals surface area (Å²) in [5, 5.41) is 4.39. The third-order valence-electron chi connectivity index (χ3n) is 2.96. The lowest BCUT2D eigenvalue weighted by atomic mass is 10.0. The maximum atomic E-state index is 5.97. The number of thiophene rings is 1. The van der Waals surface area contributed by atoms with Crippen molar-refractivity contribution in [1.82, 2.24) is 5.32 Å². The first-order valence-corrected chi connectivity index (χ1v) is 8.35. The summed E-state index contributed by atoms with van der Waals surface area (Å²) in [5.41, 5.74) is 2.55. The topological polar surface area (TPSA) is 12.0 Å². The zero-order chi connectivity index (χ0) is 13.8. The van der Waals surface area contributed by atoms with Gasteiger partial charge in [-0.2, -0.15) is 0 Å². The van der Waals surface area contributed by atoms with Crippen molar-refractivity contribution < 1.29 is 0 Å². The highest BCUT2D eigenvalue weighted by Crippen LogP contribution is 2.34. The lowest BCUT2D eigenvalue weighted by Gasteiger charge is -2.17. The molecule has 0 spiro atoms. The largest absolute Gasteiger partial charge is 0.306 e. The first kappa shape index (κ1) is 15.0. The monoisotopic (exact) mass is 357 g/mol. The average molecular weight is 359 g/mol. The molecule has 19 heavy (non-hydrogen) atoms. The molecule has 4 heteroatoms. The number of halogens is 2. The lowest BCUT2D eigenvalue weighted by molar-refractivity contribution is 0.606. The second-order valence-corrected chi connectivity index (χ2v) is 7.38. The first-order valence-electron chi connectivity index (χ1n) is 6.36. The molecule has 0 fully saturated rings. The lowest BCUT2D eigenvalue weighted by Crippen LogP contribution is -2.22.